The summed E-state index contributed by atoms with van der Waals surface area (Å²) in [5.41, 5.74) is 0. The fraction of sp³-hybridized carbons (Fsp3) is 0.500. The van der Waals surface area contributed by atoms with E-state index in [1.54, 1.807) is 24.3 Å². The maximum absolute atomic E-state index is 12.1. The van der Waals surface area contributed by atoms with E-state index < -0.39 is 11.9 Å². The van der Waals surface area contributed by atoms with Crippen molar-refractivity contribution in [1.29, 1.82) is 0 Å². The van der Waals surface area contributed by atoms with Crippen molar-refractivity contribution in [3.63, 3.8) is 0 Å². The van der Waals surface area contributed by atoms with Gasteiger partial charge in [0.25, 0.3) is 0 Å². The van der Waals surface area contributed by atoms with Crippen LogP contribution in [0.2, 0.25) is 5.02 Å². The van der Waals surface area contributed by atoms with Gasteiger partial charge in [0.1, 0.15) is 12.4 Å². The molecule has 1 aromatic rings. The number of carbonyl (C=O) groups is 2. The lowest BCUT2D eigenvalue weighted by molar-refractivity contribution is -0.144. The molecule has 1 amide bonds. The van der Waals surface area contributed by atoms with E-state index in [9.17, 15) is 9.59 Å². The summed E-state index contributed by atoms with van der Waals surface area (Å²) < 4.78 is 5.49. The van der Waals surface area contributed by atoms with E-state index in [2.05, 4.69) is 5.32 Å². The van der Waals surface area contributed by atoms with Crippen LogP contribution in [0.3, 0.4) is 0 Å². The van der Waals surface area contributed by atoms with Gasteiger partial charge in [0, 0.05) is 10.9 Å². The van der Waals surface area contributed by atoms with E-state index in [1.807, 2.05) is 0 Å². The van der Waals surface area contributed by atoms with Crippen LogP contribution in [-0.4, -0.2) is 30.1 Å². The first-order valence-electron chi connectivity index (χ1n) is 7.45. The number of aliphatic carboxylic acids is 1. The quantitative estimate of drug-likeness (QED) is 0.788. The summed E-state index contributed by atoms with van der Waals surface area (Å²) in [6, 6.07) is 7.07. The molecule has 0 spiro atoms. The third kappa shape index (κ3) is 4.91. The van der Waals surface area contributed by atoms with Crippen molar-refractivity contribution in [3.8, 4) is 5.75 Å². The number of carboxylic acids is 1. The van der Waals surface area contributed by atoms with Crippen molar-refractivity contribution in [2.24, 2.45) is 11.8 Å². The van der Waals surface area contributed by atoms with Gasteiger partial charge in [-0.25, -0.2) is 0 Å². The van der Waals surface area contributed by atoms with Crippen molar-refractivity contribution < 1.29 is 19.4 Å². The van der Waals surface area contributed by atoms with E-state index >= 15 is 0 Å². The molecule has 2 atom stereocenters. The third-order valence-corrected chi connectivity index (χ3v) is 4.10. The molecule has 6 heteroatoms. The van der Waals surface area contributed by atoms with Gasteiger partial charge in [-0.3, -0.25) is 9.59 Å². The summed E-state index contributed by atoms with van der Waals surface area (Å²) in [5, 5.41) is 12.4. The van der Waals surface area contributed by atoms with E-state index in [0.717, 1.165) is 12.8 Å². The van der Waals surface area contributed by atoms with E-state index in [1.165, 1.54) is 0 Å². The van der Waals surface area contributed by atoms with Crippen molar-refractivity contribution in [2.45, 2.75) is 25.7 Å². The zero-order valence-corrected chi connectivity index (χ0v) is 13.0. The zero-order valence-electron chi connectivity index (χ0n) is 12.3. The topological polar surface area (TPSA) is 75.6 Å². The Morgan fingerprint density at radius 2 is 2.09 bits per heavy atom. The fourth-order valence-electron chi connectivity index (χ4n) is 2.70. The average Bonchev–Trinajstić information content (AvgIpc) is 2.51. The molecule has 0 aliphatic heterocycles. The largest absolute Gasteiger partial charge is 0.492 e. The molecule has 1 saturated carbocycles. The number of hydrogen-bond donors (Lipinski definition) is 2. The lowest BCUT2D eigenvalue weighted by atomic mass is 9.81. The summed E-state index contributed by atoms with van der Waals surface area (Å²) in [4.78, 5) is 23.1. The number of rotatable bonds is 6. The van der Waals surface area contributed by atoms with Gasteiger partial charge in [-0.1, -0.05) is 24.1 Å². The first-order chi connectivity index (χ1) is 10.6. The Bertz CT molecular complexity index is 535. The van der Waals surface area contributed by atoms with Gasteiger partial charge >= 0.3 is 5.97 Å². The molecule has 0 bridgehead atoms. The molecule has 1 aliphatic carbocycles. The zero-order chi connectivity index (χ0) is 15.9. The average molecular weight is 326 g/mol. The highest BCUT2D eigenvalue weighted by molar-refractivity contribution is 6.30. The normalized spacial score (nSPS) is 21.1. The number of nitrogens with one attached hydrogen (secondary N) is 1. The summed E-state index contributed by atoms with van der Waals surface area (Å²) in [6.45, 7) is 0.737. The fourth-order valence-corrected chi connectivity index (χ4v) is 2.88. The van der Waals surface area contributed by atoms with Gasteiger partial charge < -0.3 is 15.2 Å². The van der Waals surface area contributed by atoms with Gasteiger partial charge in [-0.2, -0.15) is 0 Å². The monoisotopic (exact) mass is 325 g/mol. The third-order valence-electron chi connectivity index (χ3n) is 3.86. The molecule has 1 fully saturated rings. The first-order valence-corrected chi connectivity index (χ1v) is 7.83. The maximum atomic E-state index is 12.1. The predicted molar refractivity (Wildman–Crippen MR) is 83.0 cm³/mol. The minimum absolute atomic E-state index is 0.0827. The van der Waals surface area contributed by atoms with Crippen molar-refractivity contribution in [2.75, 3.05) is 13.2 Å². The molecule has 2 N–H and O–H groups in total. The Balaban J connectivity index is 1.70. The lowest BCUT2D eigenvalue weighted by Gasteiger charge is -2.25. The van der Waals surface area contributed by atoms with Crippen LogP contribution in [0.1, 0.15) is 25.7 Å². The predicted octanol–water partition coefficient (Wildman–Crippen LogP) is 2.73. The SMILES string of the molecule is O=C(O)C1CCCC(C(=O)NCCOc2cccc(Cl)c2)C1. The minimum Gasteiger partial charge on any atom is -0.492 e. The Morgan fingerprint density at radius 3 is 2.82 bits per heavy atom. The van der Waals surface area contributed by atoms with Gasteiger partial charge in [0.05, 0.1) is 12.5 Å². The van der Waals surface area contributed by atoms with Gasteiger partial charge in [0.2, 0.25) is 5.91 Å². The second-order valence-corrected chi connectivity index (χ2v) is 5.93. The molecule has 22 heavy (non-hydrogen) atoms. The van der Waals surface area contributed by atoms with Crippen LogP contribution in [0.15, 0.2) is 24.3 Å². The molecule has 120 valence electrons. The molecule has 2 rings (SSSR count). The van der Waals surface area contributed by atoms with Crippen LogP contribution in [0.25, 0.3) is 0 Å². The lowest BCUT2D eigenvalue weighted by Crippen LogP contribution is -2.37. The Labute approximate surface area is 134 Å². The maximum Gasteiger partial charge on any atom is 0.306 e. The Morgan fingerprint density at radius 1 is 1.32 bits per heavy atom. The smallest absolute Gasteiger partial charge is 0.306 e. The second kappa shape index (κ2) is 8.03. The molecular weight excluding hydrogens is 306 g/mol. The molecule has 0 radical (unpaired) electrons. The van der Waals surface area contributed by atoms with Crippen LogP contribution in [0, 0.1) is 11.8 Å². The summed E-state index contributed by atoms with van der Waals surface area (Å²) in [5.74, 6) is -0.832. The highest BCUT2D eigenvalue weighted by Crippen LogP contribution is 2.29. The first kappa shape index (κ1) is 16.6. The number of carboxylic acid groups (broad SMARTS) is 1. The standard InChI is InChI=1S/C16H20ClNO4/c17-13-5-2-6-14(10-13)22-8-7-18-15(19)11-3-1-4-12(9-11)16(20)21/h2,5-6,10-12H,1,3-4,7-9H2,(H,18,19)(H,20,21). The van der Waals surface area contributed by atoms with Gasteiger partial charge in [0.15, 0.2) is 0 Å². The van der Waals surface area contributed by atoms with Gasteiger partial charge in [-0.05, 0) is 37.5 Å². The van der Waals surface area contributed by atoms with E-state index in [0.29, 0.717) is 36.8 Å². The summed E-state index contributed by atoms with van der Waals surface area (Å²) in [7, 11) is 0. The Hall–Kier alpha value is -1.75. The number of halogens is 1. The van der Waals surface area contributed by atoms with Crippen molar-refractivity contribution in [1.82, 2.24) is 5.32 Å². The molecule has 1 aromatic carbocycles. The molecule has 0 heterocycles. The molecule has 5 nitrogen and oxygen atoms in total. The minimum atomic E-state index is -0.804. The molecule has 2 unspecified atom stereocenters. The highest BCUT2D eigenvalue weighted by atomic mass is 35.5. The molecule has 0 saturated heterocycles. The number of amides is 1. The highest BCUT2D eigenvalue weighted by Gasteiger charge is 2.30. The van der Waals surface area contributed by atoms with Crippen molar-refractivity contribution in [3.05, 3.63) is 29.3 Å². The number of carbonyl (C=O) groups excluding carboxylic acids is 1. The number of hydrogen-bond acceptors (Lipinski definition) is 3. The second-order valence-electron chi connectivity index (χ2n) is 5.50. The number of ether oxygens (including phenoxy) is 1. The Kier molecular flexibility index (Phi) is 6.07. The summed E-state index contributed by atoms with van der Waals surface area (Å²) in [6.07, 6.45) is 2.63. The van der Waals surface area contributed by atoms with Crippen LogP contribution in [0.4, 0.5) is 0 Å². The van der Waals surface area contributed by atoms with Gasteiger partial charge in [-0.15, -0.1) is 0 Å². The molecular formula is C16H20ClNO4. The van der Waals surface area contributed by atoms with Crippen LogP contribution < -0.4 is 10.1 Å². The van der Waals surface area contributed by atoms with E-state index in [4.69, 9.17) is 21.4 Å². The van der Waals surface area contributed by atoms with Crippen LogP contribution >= 0.6 is 11.6 Å². The van der Waals surface area contributed by atoms with Crippen LogP contribution in [0.5, 0.6) is 5.75 Å². The van der Waals surface area contributed by atoms with E-state index in [-0.39, 0.29) is 11.8 Å². The number of benzene rings is 1. The summed E-state index contributed by atoms with van der Waals surface area (Å²) >= 11 is 5.85. The molecule has 0 aromatic heterocycles. The van der Waals surface area contributed by atoms with Crippen molar-refractivity contribution >= 4 is 23.5 Å². The van der Waals surface area contributed by atoms with Crippen LogP contribution in [-0.2, 0) is 9.59 Å². The molecule has 1 aliphatic rings.